The van der Waals surface area contributed by atoms with E-state index in [1.165, 1.54) is 30.3 Å². The number of nitro groups is 1. The van der Waals surface area contributed by atoms with Crippen molar-refractivity contribution in [2.45, 2.75) is 20.8 Å². The molecule has 11 nitrogen and oxygen atoms in total. The van der Waals surface area contributed by atoms with E-state index < -0.39 is 29.3 Å². The largest absolute Gasteiger partial charge is 0.490 e. The summed E-state index contributed by atoms with van der Waals surface area (Å²) in [6.45, 7) is 5.98. The summed E-state index contributed by atoms with van der Waals surface area (Å²) < 4.78 is 16.2. The SMILES string of the molecule is CCOc1cc(C(=O)OCC(=O)NNC(=O)c2cccc([N+](=O)[O-])c2)ccc1OCC(C)C. The quantitative estimate of drug-likeness (QED) is 0.313. The Balaban J connectivity index is 1.89. The molecular weight excluding hydrogens is 434 g/mol. The Kier molecular flexibility index (Phi) is 9.16. The van der Waals surface area contributed by atoms with Crippen molar-refractivity contribution in [3.8, 4) is 11.5 Å². The zero-order valence-corrected chi connectivity index (χ0v) is 18.5. The van der Waals surface area contributed by atoms with Crippen LogP contribution in [-0.2, 0) is 9.53 Å². The summed E-state index contributed by atoms with van der Waals surface area (Å²) in [6, 6.07) is 9.52. The predicted molar refractivity (Wildman–Crippen MR) is 117 cm³/mol. The molecule has 0 unspecified atom stereocenters. The molecule has 0 radical (unpaired) electrons. The molecule has 0 bridgehead atoms. The molecule has 2 rings (SSSR count). The van der Waals surface area contributed by atoms with Gasteiger partial charge in [-0.15, -0.1) is 0 Å². The lowest BCUT2D eigenvalue weighted by Crippen LogP contribution is -2.43. The number of amides is 2. The van der Waals surface area contributed by atoms with Crippen LogP contribution in [0.2, 0.25) is 0 Å². The third-order valence-corrected chi connectivity index (χ3v) is 4.02. The monoisotopic (exact) mass is 459 g/mol. The first-order chi connectivity index (χ1) is 15.7. The second kappa shape index (κ2) is 12.0. The highest BCUT2D eigenvalue weighted by molar-refractivity contribution is 5.96. The Labute approximate surface area is 190 Å². The number of carbonyl (C=O) groups excluding carboxylic acids is 3. The van der Waals surface area contributed by atoms with Crippen LogP contribution in [0.4, 0.5) is 5.69 Å². The molecule has 0 saturated heterocycles. The number of rotatable bonds is 10. The van der Waals surface area contributed by atoms with Gasteiger partial charge in [0.1, 0.15) is 0 Å². The lowest BCUT2D eigenvalue weighted by atomic mass is 10.2. The molecule has 33 heavy (non-hydrogen) atoms. The predicted octanol–water partition coefficient (Wildman–Crippen LogP) is 2.65. The van der Waals surface area contributed by atoms with Crippen LogP contribution in [-0.4, -0.2) is 42.5 Å². The second-order valence-electron chi connectivity index (χ2n) is 7.19. The average molecular weight is 459 g/mol. The number of hydrogen-bond acceptors (Lipinski definition) is 8. The fourth-order valence-corrected chi connectivity index (χ4v) is 2.49. The number of ether oxygens (including phenoxy) is 3. The van der Waals surface area contributed by atoms with Crippen LogP contribution in [0.25, 0.3) is 0 Å². The minimum Gasteiger partial charge on any atom is -0.490 e. The lowest BCUT2D eigenvalue weighted by molar-refractivity contribution is -0.384. The van der Waals surface area contributed by atoms with Gasteiger partial charge in [-0.2, -0.15) is 0 Å². The first kappa shape index (κ1) is 25.1. The van der Waals surface area contributed by atoms with Crippen LogP contribution in [0.3, 0.4) is 0 Å². The van der Waals surface area contributed by atoms with Gasteiger partial charge in [-0.3, -0.25) is 30.6 Å². The first-order valence-corrected chi connectivity index (χ1v) is 10.1. The summed E-state index contributed by atoms with van der Waals surface area (Å²) in [7, 11) is 0. The Morgan fingerprint density at radius 1 is 1.00 bits per heavy atom. The number of carbonyl (C=O) groups is 3. The van der Waals surface area contributed by atoms with Crippen LogP contribution in [0, 0.1) is 16.0 Å². The number of nitrogens with one attached hydrogen (secondary N) is 2. The molecule has 0 aliphatic carbocycles. The summed E-state index contributed by atoms with van der Waals surface area (Å²) in [6.07, 6.45) is 0. The normalized spacial score (nSPS) is 10.3. The molecule has 0 aromatic heterocycles. The molecule has 2 amide bonds. The molecule has 2 aromatic rings. The Hall–Kier alpha value is -4.15. The van der Waals surface area contributed by atoms with Crippen LogP contribution < -0.4 is 20.3 Å². The van der Waals surface area contributed by atoms with Gasteiger partial charge in [0.15, 0.2) is 18.1 Å². The van der Waals surface area contributed by atoms with Gasteiger partial charge in [-0.1, -0.05) is 19.9 Å². The van der Waals surface area contributed by atoms with Gasteiger partial charge in [-0.25, -0.2) is 4.79 Å². The third kappa shape index (κ3) is 7.80. The van der Waals surface area contributed by atoms with Crippen LogP contribution in [0.1, 0.15) is 41.5 Å². The van der Waals surface area contributed by atoms with Gasteiger partial charge in [-0.05, 0) is 37.1 Å². The van der Waals surface area contributed by atoms with E-state index in [1.807, 2.05) is 13.8 Å². The molecule has 0 spiro atoms. The maximum absolute atomic E-state index is 12.3. The van der Waals surface area contributed by atoms with Crippen molar-refractivity contribution in [3.63, 3.8) is 0 Å². The zero-order chi connectivity index (χ0) is 24.4. The molecule has 0 aliphatic rings. The first-order valence-electron chi connectivity index (χ1n) is 10.1. The van der Waals surface area contributed by atoms with Gasteiger partial charge < -0.3 is 14.2 Å². The maximum atomic E-state index is 12.3. The van der Waals surface area contributed by atoms with Crippen LogP contribution in [0.5, 0.6) is 11.5 Å². The van der Waals surface area contributed by atoms with E-state index in [4.69, 9.17) is 14.2 Å². The molecule has 2 aromatic carbocycles. The van der Waals surface area contributed by atoms with Crippen molar-refractivity contribution < 1.29 is 33.5 Å². The molecule has 176 valence electrons. The van der Waals surface area contributed by atoms with Gasteiger partial charge in [0.05, 0.1) is 23.7 Å². The smallest absolute Gasteiger partial charge is 0.338 e. The second-order valence-corrected chi connectivity index (χ2v) is 7.19. The van der Waals surface area contributed by atoms with E-state index in [9.17, 15) is 24.5 Å². The number of nitro benzene ring substituents is 1. The Morgan fingerprint density at radius 3 is 2.42 bits per heavy atom. The molecule has 0 heterocycles. The third-order valence-electron chi connectivity index (χ3n) is 4.02. The molecular formula is C22H25N3O8. The number of benzene rings is 2. The topological polar surface area (TPSA) is 146 Å². The molecule has 11 heteroatoms. The van der Waals surface area contributed by atoms with Crippen molar-refractivity contribution in [2.75, 3.05) is 19.8 Å². The number of hydrogen-bond donors (Lipinski definition) is 2. The van der Waals surface area contributed by atoms with Gasteiger partial charge in [0.25, 0.3) is 17.5 Å². The zero-order valence-electron chi connectivity index (χ0n) is 18.5. The van der Waals surface area contributed by atoms with Crippen molar-refractivity contribution in [2.24, 2.45) is 5.92 Å². The van der Waals surface area contributed by atoms with Crippen LogP contribution >= 0.6 is 0 Å². The molecule has 0 atom stereocenters. The van der Waals surface area contributed by atoms with Crippen molar-refractivity contribution >= 4 is 23.5 Å². The molecule has 0 saturated carbocycles. The fraction of sp³-hybridized carbons (Fsp3) is 0.318. The number of hydrazine groups is 1. The highest BCUT2D eigenvalue weighted by Crippen LogP contribution is 2.29. The number of esters is 1. The van der Waals surface area contributed by atoms with Crippen molar-refractivity contribution in [3.05, 3.63) is 63.7 Å². The van der Waals surface area contributed by atoms with E-state index in [0.29, 0.717) is 30.6 Å². The summed E-state index contributed by atoms with van der Waals surface area (Å²) in [5.41, 5.74) is 4.03. The van der Waals surface area contributed by atoms with Crippen molar-refractivity contribution in [1.82, 2.24) is 10.9 Å². The van der Waals surface area contributed by atoms with Gasteiger partial charge in [0, 0.05) is 17.7 Å². The number of non-ortho nitro benzene ring substituents is 1. The molecule has 0 aliphatic heterocycles. The summed E-state index contributed by atoms with van der Waals surface area (Å²) in [5, 5.41) is 10.8. The summed E-state index contributed by atoms with van der Waals surface area (Å²) in [5.74, 6) is -1.17. The standard InChI is InChI=1S/C22H25N3O8/c1-4-31-19-11-16(8-9-18(19)32-12-14(2)3)22(28)33-13-20(26)23-24-21(27)15-6-5-7-17(10-15)25(29)30/h5-11,14H,4,12-13H2,1-3H3,(H,23,26)(H,24,27). The minimum atomic E-state index is -0.802. The van der Waals surface area contributed by atoms with E-state index in [0.717, 1.165) is 6.07 Å². The maximum Gasteiger partial charge on any atom is 0.338 e. The number of nitrogens with zero attached hydrogens (tertiary/aromatic N) is 1. The highest BCUT2D eigenvalue weighted by Gasteiger charge is 2.16. The van der Waals surface area contributed by atoms with E-state index >= 15 is 0 Å². The average Bonchev–Trinajstić information content (AvgIpc) is 2.80. The fourth-order valence-electron chi connectivity index (χ4n) is 2.49. The Morgan fingerprint density at radius 2 is 1.76 bits per heavy atom. The Bertz CT molecular complexity index is 1020. The van der Waals surface area contributed by atoms with Gasteiger partial charge >= 0.3 is 5.97 Å². The molecule has 0 fully saturated rings. The van der Waals surface area contributed by atoms with E-state index in [2.05, 4.69) is 10.9 Å². The molecule has 2 N–H and O–H groups in total. The van der Waals surface area contributed by atoms with Crippen molar-refractivity contribution in [1.29, 1.82) is 0 Å². The van der Waals surface area contributed by atoms with E-state index in [1.54, 1.807) is 13.0 Å². The lowest BCUT2D eigenvalue weighted by Gasteiger charge is -2.14. The van der Waals surface area contributed by atoms with E-state index in [-0.39, 0.29) is 16.8 Å². The van der Waals surface area contributed by atoms with Crippen LogP contribution in [0.15, 0.2) is 42.5 Å². The summed E-state index contributed by atoms with van der Waals surface area (Å²) >= 11 is 0. The van der Waals surface area contributed by atoms with Gasteiger partial charge in [0.2, 0.25) is 0 Å². The summed E-state index contributed by atoms with van der Waals surface area (Å²) in [4.78, 5) is 46.4. The highest BCUT2D eigenvalue weighted by atomic mass is 16.6. The minimum absolute atomic E-state index is 0.0234.